The predicted molar refractivity (Wildman–Crippen MR) is 45.4 cm³/mol. The van der Waals surface area contributed by atoms with Crippen LogP contribution in [0.4, 0.5) is 0 Å². The molecule has 80 valence electrons. The summed E-state index contributed by atoms with van der Waals surface area (Å²) >= 11 is 0. The first-order chi connectivity index (χ1) is 5.58. The molecule has 0 amide bonds. The van der Waals surface area contributed by atoms with Gasteiger partial charge in [-0.25, -0.2) is 8.42 Å². The van der Waals surface area contributed by atoms with Crippen molar-refractivity contribution in [3.63, 3.8) is 0 Å². The number of rotatable bonds is 3. The van der Waals surface area contributed by atoms with Crippen molar-refractivity contribution in [2.75, 3.05) is 38.6 Å². The third kappa shape index (κ3) is 5.94. The molecule has 0 aromatic carbocycles. The van der Waals surface area contributed by atoms with Crippen molar-refractivity contribution < 1.29 is 23.2 Å². The standard InChI is InChI=1S/C6H13NO4S.H2O/c8-12(9,10)6-3-7-1-4-11-5-2-7;/h1-6H2,(H,8,9,10);1H2/p-1. The fourth-order valence-electron chi connectivity index (χ4n) is 1.07. The fraction of sp³-hybridized carbons (Fsp3) is 1.00. The molecule has 0 aliphatic carbocycles. The Balaban J connectivity index is 0.00000144. The summed E-state index contributed by atoms with van der Waals surface area (Å²) in [5, 5.41) is 0. The lowest BCUT2D eigenvalue weighted by atomic mass is 10.4. The van der Waals surface area contributed by atoms with E-state index in [0.717, 1.165) is 13.1 Å². The third-order valence-electron chi connectivity index (χ3n) is 1.76. The van der Waals surface area contributed by atoms with Crippen molar-refractivity contribution in [3.05, 3.63) is 0 Å². The molecule has 0 bridgehead atoms. The van der Waals surface area contributed by atoms with Crippen LogP contribution in [0, 0.1) is 0 Å². The molecule has 1 heterocycles. The van der Waals surface area contributed by atoms with Crippen LogP contribution >= 0.6 is 0 Å². The maximum Gasteiger partial charge on any atom is 0.0958 e. The smallest absolute Gasteiger partial charge is 0.0958 e. The van der Waals surface area contributed by atoms with Crippen LogP contribution in [0.25, 0.3) is 0 Å². The predicted octanol–water partition coefficient (Wildman–Crippen LogP) is -1.96. The first-order valence-electron chi connectivity index (χ1n) is 3.81. The highest BCUT2D eigenvalue weighted by atomic mass is 32.2. The van der Waals surface area contributed by atoms with Crippen LogP contribution in [0.3, 0.4) is 0 Å². The molecular formula is C6H14NO5S-. The summed E-state index contributed by atoms with van der Waals surface area (Å²) in [6.45, 7) is 3.01. The molecule has 6 nitrogen and oxygen atoms in total. The molecule has 0 saturated carbocycles. The highest BCUT2D eigenvalue weighted by molar-refractivity contribution is 7.85. The zero-order chi connectivity index (χ0) is 9.03. The zero-order valence-electron chi connectivity index (χ0n) is 7.23. The summed E-state index contributed by atoms with van der Waals surface area (Å²) < 4.78 is 35.8. The summed E-state index contributed by atoms with van der Waals surface area (Å²) in [7, 11) is -4.06. The van der Waals surface area contributed by atoms with E-state index in [1.165, 1.54) is 0 Å². The average Bonchev–Trinajstić information content (AvgIpc) is 2.02. The Morgan fingerprint density at radius 1 is 1.31 bits per heavy atom. The molecule has 0 spiro atoms. The van der Waals surface area contributed by atoms with E-state index >= 15 is 0 Å². The van der Waals surface area contributed by atoms with Crippen molar-refractivity contribution in [1.82, 2.24) is 4.90 Å². The topological polar surface area (TPSA) is 101 Å². The van der Waals surface area contributed by atoms with Gasteiger partial charge in [0.25, 0.3) is 0 Å². The van der Waals surface area contributed by atoms with Gasteiger partial charge in [-0.3, -0.25) is 4.90 Å². The Kier molecular flexibility index (Phi) is 5.42. The van der Waals surface area contributed by atoms with Gasteiger partial charge in [0.1, 0.15) is 0 Å². The van der Waals surface area contributed by atoms with Gasteiger partial charge in [0.15, 0.2) is 0 Å². The van der Waals surface area contributed by atoms with Gasteiger partial charge in [-0.2, -0.15) is 0 Å². The number of hydrogen-bond donors (Lipinski definition) is 0. The lowest BCUT2D eigenvalue weighted by Crippen LogP contribution is -2.39. The fourth-order valence-corrected chi connectivity index (χ4v) is 1.55. The first kappa shape index (κ1) is 12.8. The van der Waals surface area contributed by atoms with Crippen molar-refractivity contribution >= 4 is 10.1 Å². The quantitative estimate of drug-likeness (QED) is 0.505. The van der Waals surface area contributed by atoms with E-state index in [9.17, 15) is 13.0 Å². The van der Waals surface area contributed by atoms with Crippen LogP contribution in [0.5, 0.6) is 0 Å². The van der Waals surface area contributed by atoms with Gasteiger partial charge in [-0.15, -0.1) is 0 Å². The molecule has 1 saturated heterocycles. The highest BCUT2D eigenvalue weighted by Crippen LogP contribution is 1.96. The van der Waals surface area contributed by atoms with Gasteiger partial charge < -0.3 is 14.8 Å². The van der Waals surface area contributed by atoms with E-state index in [2.05, 4.69) is 0 Å². The second kappa shape index (κ2) is 5.51. The number of morpholine rings is 1. The van der Waals surface area contributed by atoms with Gasteiger partial charge in [0.05, 0.1) is 29.1 Å². The molecule has 1 rings (SSSR count). The van der Waals surface area contributed by atoms with Crippen LogP contribution in [-0.4, -0.2) is 61.9 Å². The van der Waals surface area contributed by atoms with Gasteiger partial charge in [0.2, 0.25) is 0 Å². The van der Waals surface area contributed by atoms with Crippen molar-refractivity contribution in [3.8, 4) is 0 Å². The van der Waals surface area contributed by atoms with Gasteiger partial charge in [0, 0.05) is 19.6 Å². The summed E-state index contributed by atoms with van der Waals surface area (Å²) in [6.07, 6.45) is 0. The Labute approximate surface area is 77.5 Å². The molecule has 0 unspecified atom stereocenters. The third-order valence-corrected chi connectivity index (χ3v) is 2.44. The van der Waals surface area contributed by atoms with Crippen LogP contribution < -0.4 is 0 Å². The van der Waals surface area contributed by atoms with Gasteiger partial charge in [-0.1, -0.05) is 0 Å². The zero-order valence-corrected chi connectivity index (χ0v) is 8.05. The van der Waals surface area contributed by atoms with E-state index in [1.807, 2.05) is 4.90 Å². The van der Waals surface area contributed by atoms with Crippen molar-refractivity contribution in [2.45, 2.75) is 0 Å². The molecule has 0 radical (unpaired) electrons. The van der Waals surface area contributed by atoms with Crippen molar-refractivity contribution in [1.29, 1.82) is 0 Å². The Morgan fingerprint density at radius 2 is 1.85 bits per heavy atom. The van der Waals surface area contributed by atoms with Gasteiger partial charge in [-0.05, 0) is 0 Å². The van der Waals surface area contributed by atoms with Crippen LogP contribution in [-0.2, 0) is 14.9 Å². The van der Waals surface area contributed by atoms with Crippen LogP contribution in [0.2, 0.25) is 0 Å². The molecule has 1 aliphatic heterocycles. The molecule has 13 heavy (non-hydrogen) atoms. The molecular weight excluding hydrogens is 198 g/mol. The molecule has 0 aromatic rings. The van der Waals surface area contributed by atoms with E-state index in [4.69, 9.17) is 4.74 Å². The molecule has 0 atom stereocenters. The molecule has 7 heteroatoms. The lowest BCUT2D eigenvalue weighted by molar-refractivity contribution is 0.0406. The SMILES string of the molecule is O.O=S(=O)([O-])CCN1CCOCC1. The van der Waals surface area contributed by atoms with Gasteiger partial charge >= 0.3 is 0 Å². The van der Waals surface area contributed by atoms with Crippen LogP contribution in [0.15, 0.2) is 0 Å². The minimum atomic E-state index is -4.06. The first-order valence-corrected chi connectivity index (χ1v) is 5.39. The molecule has 1 aliphatic rings. The van der Waals surface area contributed by atoms with E-state index in [-0.39, 0.29) is 11.2 Å². The number of ether oxygens (including phenoxy) is 1. The second-order valence-electron chi connectivity index (χ2n) is 2.72. The molecule has 0 aromatic heterocycles. The summed E-state index contributed by atoms with van der Waals surface area (Å²) in [5.74, 6) is -0.299. The highest BCUT2D eigenvalue weighted by Gasteiger charge is 2.10. The summed E-state index contributed by atoms with van der Waals surface area (Å²) in [6, 6.07) is 0. The van der Waals surface area contributed by atoms with E-state index in [0.29, 0.717) is 19.8 Å². The Hall–Kier alpha value is -0.210. The van der Waals surface area contributed by atoms with E-state index < -0.39 is 10.1 Å². The number of hydrogen-bond acceptors (Lipinski definition) is 5. The van der Waals surface area contributed by atoms with Crippen LogP contribution in [0.1, 0.15) is 0 Å². The summed E-state index contributed by atoms with van der Waals surface area (Å²) in [5.41, 5.74) is 0. The lowest BCUT2D eigenvalue weighted by Gasteiger charge is -2.26. The monoisotopic (exact) mass is 212 g/mol. The molecule has 1 fully saturated rings. The van der Waals surface area contributed by atoms with E-state index in [1.54, 1.807) is 0 Å². The normalized spacial score (nSPS) is 19.5. The number of nitrogens with zero attached hydrogens (tertiary/aromatic N) is 1. The van der Waals surface area contributed by atoms with Crippen molar-refractivity contribution in [2.24, 2.45) is 0 Å². The maximum atomic E-state index is 10.3. The molecule has 2 N–H and O–H groups in total. The minimum absolute atomic E-state index is 0. The average molecular weight is 212 g/mol. The largest absolute Gasteiger partial charge is 0.748 e. The second-order valence-corrected chi connectivity index (χ2v) is 4.24. The Bertz CT molecular complexity index is 221. The minimum Gasteiger partial charge on any atom is -0.748 e. The summed E-state index contributed by atoms with van der Waals surface area (Å²) in [4.78, 5) is 1.92. The Morgan fingerprint density at radius 3 is 2.31 bits per heavy atom. The maximum absolute atomic E-state index is 10.3.